The Morgan fingerprint density at radius 2 is 1.67 bits per heavy atom. The lowest BCUT2D eigenvalue weighted by Crippen LogP contribution is -2.04. The van der Waals surface area contributed by atoms with E-state index in [4.69, 9.17) is 23.2 Å². The fourth-order valence-corrected chi connectivity index (χ4v) is 2.96. The number of rotatable bonds is 4. The number of hydrogen-bond donors (Lipinski definition) is 0. The summed E-state index contributed by atoms with van der Waals surface area (Å²) in [7, 11) is 0. The molecule has 2 aromatic rings. The van der Waals surface area contributed by atoms with Crippen molar-refractivity contribution < 1.29 is 0 Å². The molecule has 2 aromatic carbocycles. The SMILES string of the molecule is Clc1cccc(CC(CBr)c2ccccc2)c1Cl. The fraction of sp³-hybridized carbons (Fsp3) is 0.200. The molecular weight excluding hydrogens is 331 g/mol. The highest BCUT2D eigenvalue weighted by Gasteiger charge is 2.13. The highest BCUT2D eigenvalue weighted by Crippen LogP contribution is 2.30. The van der Waals surface area contributed by atoms with Gasteiger partial charge in [-0.05, 0) is 29.5 Å². The molecule has 1 atom stereocenters. The van der Waals surface area contributed by atoms with E-state index in [1.807, 2.05) is 24.3 Å². The van der Waals surface area contributed by atoms with E-state index in [1.165, 1.54) is 5.56 Å². The largest absolute Gasteiger partial charge is 0.0921 e. The number of halogens is 3. The first-order valence-corrected chi connectivity index (χ1v) is 7.64. The standard InChI is InChI=1S/C15H13BrCl2/c16-10-13(11-5-2-1-3-6-11)9-12-7-4-8-14(17)15(12)18/h1-8,13H,9-10H2. The van der Waals surface area contributed by atoms with Gasteiger partial charge in [-0.25, -0.2) is 0 Å². The summed E-state index contributed by atoms with van der Waals surface area (Å²) in [5.41, 5.74) is 2.41. The van der Waals surface area contributed by atoms with E-state index in [9.17, 15) is 0 Å². The van der Waals surface area contributed by atoms with Crippen LogP contribution in [0.3, 0.4) is 0 Å². The molecule has 18 heavy (non-hydrogen) atoms. The molecule has 0 aliphatic rings. The molecule has 0 aromatic heterocycles. The van der Waals surface area contributed by atoms with Gasteiger partial charge >= 0.3 is 0 Å². The van der Waals surface area contributed by atoms with Crippen LogP contribution in [0.4, 0.5) is 0 Å². The van der Waals surface area contributed by atoms with Crippen molar-refractivity contribution in [2.24, 2.45) is 0 Å². The van der Waals surface area contributed by atoms with Crippen LogP contribution < -0.4 is 0 Å². The van der Waals surface area contributed by atoms with Crippen LogP contribution in [0.15, 0.2) is 48.5 Å². The molecule has 0 fully saturated rings. The van der Waals surface area contributed by atoms with Crippen molar-refractivity contribution in [2.75, 3.05) is 5.33 Å². The zero-order valence-electron chi connectivity index (χ0n) is 9.74. The molecular formula is C15H13BrCl2. The summed E-state index contributed by atoms with van der Waals surface area (Å²) in [4.78, 5) is 0. The van der Waals surface area contributed by atoms with E-state index in [0.29, 0.717) is 16.0 Å². The fourth-order valence-electron chi connectivity index (χ4n) is 1.96. The summed E-state index contributed by atoms with van der Waals surface area (Å²) in [5, 5.41) is 2.19. The van der Waals surface area contributed by atoms with Crippen molar-refractivity contribution >= 4 is 39.1 Å². The molecule has 3 heteroatoms. The van der Waals surface area contributed by atoms with Crippen molar-refractivity contribution in [3.8, 4) is 0 Å². The van der Waals surface area contributed by atoms with E-state index >= 15 is 0 Å². The highest BCUT2D eigenvalue weighted by atomic mass is 79.9. The van der Waals surface area contributed by atoms with Gasteiger partial charge in [0.15, 0.2) is 0 Å². The van der Waals surface area contributed by atoms with Crippen LogP contribution in [0.1, 0.15) is 17.0 Å². The van der Waals surface area contributed by atoms with Crippen LogP contribution in [-0.2, 0) is 6.42 Å². The van der Waals surface area contributed by atoms with Crippen LogP contribution in [0, 0.1) is 0 Å². The molecule has 0 aliphatic heterocycles. The van der Waals surface area contributed by atoms with Gasteiger partial charge in [-0.2, -0.15) is 0 Å². The monoisotopic (exact) mass is 342 g/mol. The van der Waals surface area contributed by atoms with Gasteiger partial charge in [-0.1, -0.05) is 81.6 Å². The maximum Gasteiger partial charge on any atom is 0.0624 e. The summed E-state index contributed by atoms with van der Waals surface area (Å²) < 4.78 is 0. The summed E-state index contributed by atoms with van der Waals surface area (Å²) in [6, 6.07) is 16.2. The van der Waals surface area contributed by atoms with Gasteiger partial charge < -0.3 is 0 Å². The molecule has 2 rings (SSSR count). The van der Waals surface area contributed by atoms with Crippen molar-refractivity contribution in [3.63, 3.8) is 0 Å². The molecule has 0 N–H and O–H groups in total. The Morgan fingerprint density at radius 3 is 2.33 bits per heavy atom. The summed E-state index contributed by atoms with van der Waals surface area (Å²) in [6.07, 6.45) is 0.884. The van der Waals surface area contributed by atoms with E-state index in [1.54, 1.807) is 0 Å². The minimum atomic E-state index is 0.405. The Morgan fingerprint density at radius 1 is 0.944 bits per heavy atom. The molecule has 0 heterocycles. The predicted molar refractivity (Wildman–Crippen MR) is 83.1 cm³/mol. The lowest BCUT2D eigenvalue weighted by Gasteiger charge is -2.16. The van der Waals surface area contributed by atoms with Crippen LogP contribution >= 0.6 is 39.1 Å². The summed E-state index contributed by atoms with van der Waals surface area (Å²) in [6.45, 7) is 0. The topological polar surface area (TPSA) is 0 Å². The second kappa shape index (κ2) is 6.60. The zero-order chi connectivity index (χ0) is 13.0. The second-order valence-corrected chi connectivity index (χ2v) is 5.61. The van der Waals surface area contributed by atoms with Crippen LogP contribution in [-0.4, -0.2) is 5.33 Å². The molecule has 0 aliphatic carbocycles. The van der Waals surface area contributed by atoms with Crippen molar-refractivity contribution in [1.29, 1.82) is 0 Å². The van der Waals surface area contributed by atoms with Crippen molar-refractivity contribution in [3.05, 3.63) is 69.7 Å². The molecule has 0 spiro atoms. The summed E-state index contributed by atoms with van der Waals surface area (Å²) in [5.74, 6) is 0.405. The van der Waals surface area contributed by atoms with Crippen LogP contribution in [0.5, 0.6) is 0 Å². The first kappa shape index (κ1) is 13.9. The third-order valence-corrected chi connectivity index (χ3v) is 4.59. The number of alkyl halides is 1. The minimum absolute atomic E-state index is 0.405. The van der Waals surface area contributed by atoms with E-state index < -0.39 is 0 Å². The lowest BCUT2D eigenvalue weighted by molar-refractivity contribution is 0.776. The molecule has 1 unspecified atom stereocenters. The highest BCUT2D eigenvalue weighted by molar-refractivity contribution is 9.09. The van der Waals surface area contributed by atoms with Crippen molar-refractivity contribution in [1.82, 2.24) is 0 Å². The van der Waals surface area contributed by atoms with Gasteiger partial charge in [0.05, 0.1) is 10.0 Å². The third kappa shape index (κ3) is 3.28. The van der Waals surface area contributed by atoms with Gasteiger partial charge in [0.2, 0.25) is 0 Å². The zero-order valence-corrected chi connectivity index (χ0v) is 12.8. The van der Waals surface area contributed by atoms with Gasteiger partial charge in [0.1, 0.15) is 0 Å². The van der Waals surface area contributed by atoms with Crippen LogP contribution in [0.25, 0.3) is 0 Å². The van der Waals surface area contributed by atoms with E-state index in [-0.39, 0.29) is 0 Å². The molecule has 0 saturated heterocycles. The smallest absolute Gasteiger partial charge is 0.0624 e. The predicted octanol–water partition coefficient (Wildman–Crippen LogP) is 5.71. The Kier molecular flexibility index (Phi) is 5.11. The Labute approximate surface area is 126 Å². The number of benzene rings is 2. The average molecular weight is 344 g/mol. The molecule has 0 bridgehead atoms. The van der Waals surface area contributed by atoms with Crippen LogP contribution in [0.2, 0.25) is 10.0 Å². The third-order valence-electron chi connectivity index (χ3n) is 2.96. The summed E-state index contributed by atoms with van der Waals surface area (Å²) >= 11 is 15.9. The number of hydrogen-bond acceptors (Lipinski definition) is 0. The maximum absolute atomic E-state index is 6.23. The molecule has 0 radical (unpaired) electrons. The Hall–Kier alpha value is -0.500. The van der Waals surface area contributed by atoms with Crippen molar-refractivity contribution in [2.45, 2.75) is 12.3 Å². The quantitative estimate of drug-likeness (QED) is 0.623. The minimum Gasteiger partial charge on any atom is -0.0921 e. The van der Waals surface area contributed by atoms with Gasteiger partial charge in [0, 0.05) is 5.33 Å². The van der Waals surface area contributed by atoms with E-state index in [2.05, 4.69) is 40.2 Å². The van der Waals surface area contributed by atoms with Gasteiger partial charge in [-0.15, -0.1) is 0 Å². The first-order chi connectivity index (χ1) is 8.72. The van der Waals surface area contributed by atoms with Gasteiger partial charge in [-0.3, -0.25) is 0 Å². The first-order valence-electron chi connectivity index (χ1n) is 5.76. The lowest BCUT2D eigenvalue weighted by atomic mass is 9.94. The second-order valence-electron chi connectivity index (χ2n) is 4.18. The van der Waals surface area contributed by atoms with E-state index in [0.717, 1.165) is 17.3 Å². The average Bonchev–Trinajstić information content (AvgIpc) is 2.41. The molecule has 0 nitrogen and oxygen atoms in total. The van der Waals surface area contributed by atoms with Gasteiger partial charge in [0.25, 0.3) is 0 Å². The molecule has 94 valence electrons. The Bertz CT molecular complexity index is 511. The normalized spacial score (nSPS) is 12.4. The Balaban J connectivity index is 2.24. The molecule has 0 amide bonds. The molecule has 0 saturated carbocycles. The maximum atomic E-state index is 6.23.